The zero-order valence-corrected chi connectivity index (χ0v) is 16.2. The van der Waals surface area contributed by atoms with Crippen molar-refractivity contribution < 1.29 is 9.53 Å². The summed E-state index contributed by atoms with van der Waals surface area (Å²) in [4.78, 5) is 12.1. The number of ether oxygens (including phenoxy) is 1. The molecular weight excluding hydrogens is 383 g/mol. The van der Waals surface area contributed by atoms with E-state index in [1.807, 2.05) is 49.4 Å². The molecule has 3 aromatic carbocycles. The van der Waals surface area contributed by atoms with Crippen LogP contribution in [0.15, 0.2) is 65.8 Å². The largest absolute Gasteiger partial charge is 0.484 e. The molecule has 0 aromatic heterocycles. The zero-order valence-electron chi connectivity index (χ0n) is 14.7. The molecule has 27 heavy (non-hydrogen) atoms. The van der Waals surface area contributed by atoms with E-state index in [1.54, 1.807) is 18.2 Å². The van der Waals surface area contributed by atoms with Crippen LogP contribution in [0.5, 0.6) is 5.75 Å². The Morgan fingerprint density at radius 2 is 1.81 bits per heavy atom. The normalized spacial score (nSPS) is 11.4. The molecule has 1 amide bonds. The van der Waals surface area contributed by atoms with Crippen LogP contribution in [0.3, 0.4) is 0 Å². The van der Waals surface area contributed by atoms with Gasteiger partial charge in [-0.15, -0.1) is 0 Å². The fraction of sp³-hybridized carbons (Fsp3) is 0.143. The summed E-state index contributed by atoms with van der Waals surface area (Å²) in [6, 6.07) is 18.8. The van der Waals surface area contributed by atoms with Crippen molar-refractivity contribution in [3.05, 3.63) is 76.3 Å². The number of benzene rings is 3. The second-order valence-corrected chi connectivity index (χ2v) is 6.71. The number of nitrogens with zero attached hydrogens (tertiary/aromatic N) is 1. The summed E-state index contributed by atoms with van der Waals surface area (Å²) in [5.74, 6) is 0.281. The second kappa shape index (κ2) is 8.89. The third-order valence-electron chi connectivity index (χ3n) is 3.98. The quantitative estimate of drug-likeness (QED) is 0.441. The summed E-state index contributed by atoms with van der Waals surface area (Å²) in [6.07, 6.45) is 0.604. The maximum atomic E-state index is 12.1. The van der Waals surface area contributed by atoms with Gasteiger partial charge < -0.3 is 4.74 Å². The molecule has 6 heteroatoms. The van der Waals surface area contributed by atoms with E-state index in [0.717, 1.165) is 16.3 Å². The van der Waals surface area contributed by atoms with E-state index in [9.17, 15) is 4.79 Å². The number of amides is 1. The minimum atomic E-state index is -0.348. The highest BCUT2D eigenvalue weighted by molar-refractivity contribution is 6.37. The van der Waals surface area contributed by atoms with Crippen molar-refractivity contribution >= 4 is 45.6 Å². The lowest BCUT2D eigenvalue weighted by Gasteiger charge is -2.09. The summed E-state index contributed by atoms with van der Waals surface area (Å²) >= 11 is 12.1. The van der Waals surface area contributed by atoms with Crippen LogP contribution in [0, 0.1) is 0 Å². The van der Waals surface area contributed by atoms with Crippen molar-refractivity contribution in [2.24, 2.45) is 5.10 Å². The Kier molecular flexibility index (Phi) is 6.32. The van der Waals surface area contributed by atoms with Gasteiger partial charge in [-0.05, 0) is 41.5 Å². The zero-order chi connectivity index (χ0) is 19.2. The van der Waals surface area contributed by atoms with E-state index >= 15 is 0 Å². The lowest BCUT2D eigenvalue weighted by Crippen LogP contribution is -2.26. The minimum Gasteiger partial charge on any atom is -0.484 e. The summed E-state index contributed by atoms with van der Waals surface area (Å²) < 4.78 is 5.56. The van der Waals surface area contributed by atoms with Gasteiger partial charge in [0.15, 0.2) is 6.61 Å². The Morgan fingerprint density at radius 1 is 1.04 bits per heavy atom. The van der Waals surface area contributed by atoms with Gasteiger partial charge in [0.05, 0.1) is 10.7 Å². The number of fused-ring (bicyclic) bond motifs is 1. The fourth-order valence-corrected chi connectivity index (χ4v) is 3.14. The van der Waals surface area contributed by atoms with Crippen molar-refractivity contribution in [1.82, 2.24) is 5.43 Å². The predicted octanol–water partition coefficient (Wildman–Crippen LogP) is 5.46. The molecule has 0 saturated heterocycles. The molecule has 0 spiro atoms. The van der Waals surface area contributed by atoms with Gasteiger partial charge in [0, 0.05) is 10.6 Å². The highest BCUT2D eigenvalue weighted by atomic mass is 35.5. The monoisotopic (exact) mass is 400 g/mol. The average Bonchev–Trinajstić information content (AvgIpc) is 2.68. The Balaban J connectivity index is 1.62. The van der Waals surface area contributed by atoms with Gasteiger partial charge in [-0.2, -0.15) is 5.10 Å². The van der Waals surface area contributed by atoms with Crippen LogP contribution in [0.4, 0.5) is 0 Å². The van der Waals surface area contributed by atoms with Crippen LogP contribution in [0.25, 0.3) is 10.8 Å². The Labute approximate surface area is 167 Å². The summed E-state index contributed by atoms with van der Waals surface area (Å²) in [7, 11) is 0. The first-order valence-corrected chi connectivity index (χ1v) is 9.25. The first kappa shape index (κ1) is 19.2. The highest BCUT2D eigenvalue weighted by Crippen LogP contribution is 2.23. The number of carbonyl (C=O) groups excluding carboxylic acids is 1. The average molecular weight is 401 g/mol. The lowest BCUT2D eigenvalue weighted by atomic mass is 10.1. The van der Waals surface area contributed by atoms with Crippen molar-refractivity contribution in [2.45, 2.75) is 13.3 Å². The van der Waals surface area contributed by atoms with Crippen LogP contribution < -0.4 is 10.2 Å². The van der Waals surface area contributed by atoms with Crippen molar-refractivity contribution in [1.29, 1.82) is 0 Å². The predicted molar refractivity (Wildman–Crippen MR) is 111 cm³/mol. The van der Waals surface area contributed by atoms with Gasteiger partial charge in [-0.1, -0.05) is 66.5 Å². The molecule has 0 unspecified atom stereocenters. The van der Waals surface area contributed by atoms with Gasteiger partial charge in [0.25, 0.3) is 5.91 Å². The summed E-state index contributed by atoms with van der Waals surface area (Å²) in [5.41, 5.74) is 3.91. The number of rotatable bonds is 6. The molecule has 0 radical (unpaired) electrons. The lowest BCUT2D eigenvalue weighted by molar-refractivity contribution is -0.123. The van der Waals surface area contributed by atoms with E-state index in [1.165, 1.54) is 0 Å². The molecule has 0 heterocycles. The Morgan fingerprint density at radius 3 is 2.56 bits per heavy atom. The van der Waals surface area contributed by atoms with Crippen LogP contribution >= 0.6 is 23.2 Å². The van der Waals surface area contributed by atoms with E-state index in [2.05, 4.69) is 10.5 Å². The van der Waals surface area contributed by atoms with Crippen molar-refractivity contribution in [2.75, 3.05) is 6.61 Å². The molecule has 0 aliphatic rings. The smallest absolute Gasteiger partial charge is 0.277 e. The van der Waals surface area contributed by atoms with Crippen molar-refractivity contribution in [3.63, 3.8) is 0 Å². The van der Waals surface area contributed by atoms with Crippen LogP contribution in [0.2, 0.25) is 10.0 Å². The Bertz CT molecular complexity index is 1000. The number of hydrazone groups is 1. The number of hydrogen-bond acceptors (Lipinski definition) is 3. The number of carbonyl (C=O) groups is 1. The van der Waals surface area contributed by atoms with E-state index < -0.39 is 0 Å². The molecule has 1 N–H and O–H groups in total. The maximum Gasteiger partial charge on any atom is 0.277 e. The molecule has 138 valence electrons. The van der Waals surface area contributed by atoms with Crippen LogP contribution in [0.1, 0.15) is 18.9 Å². The third-order valence-corrected chi connectivity index (χ3v) is 4.53. The summed E-state index contributed by atoms with van der Waals surface area (Å²) in [5, 5.41) is 7.39. The minimum absolute atomic E-state index is 0.132. The molecule has 0 atom stereocenters. The van der Waals surface area contributed by atoms with E-state index in [4.69, 9.17) is 27.9 Å². The van der Waals surface area contributed by atoms with E-state index in [-0.39, 0.29) is 12.5 Å². The first-order valence-electron chi connectivity index (χ1n) is 8.49. The third kappa shape index (κ3) is 5.00. The van der Waals surface area contributed by atoms with Gasteiger partial charge in [-0.3, -0.25) is 4.79 Å². The Hall–Kier alpha value is -2.56. The van der Waals surface area contributed by atoms with Gasteiger partial charge >= 0.3 is 0 Å². The summed E-state index contributed by atoms with van der Waals surface area (Å²) in [6.45, 7) is 1.80. The van der Waals surface area contributed by atoms with Crippen LogP contribution in [-0.2, 0) is 4.79 Å². The molecule has 0 saturated carbocycles. The van der Waals surface area contributed by atoms with E-state index in [0.29, 0.717) is 27.9 Å². The molecular formula is C21H18Cl2N2O2. The molecule has 3 rings (SSSR count). The number of nitrogens with one attached hydrogen (secondary N) is 1. The SMILES string of the molecule is CC/C(=N\NC(=O)COc1ccc2ccccc2c1)c1ccc(Cl)cc1Cl. The molecule has 0 aliphatic heterocycles. The number of halogens is 2. The molecule has 0 fully saturated rings. The maximum absolute atomic E-state index is 12.1. The van der Waals surface area contributed by atoms with Gasteiger partial charge in [-0.25, -0.2) is 5.43 Å². The standard InChI is InChI=1S/C21H18Cl2N2O2/c1-2-20(18-10-8-16(22)12-19(18)23)24-25-21(26)13-27-17-9-7-14-5-3-4-6-15(14)11-17/h3-12H,2,13H2,1H3,(H,25,26)/b24-20+. The molecule has 3 aromatic rings. The van der Waals surface area contributed by atoms with Gasteiger partial charge in [0.1, 0.15) is 5.75 Å². The number of hydrogen-bond donors (Lipinski definition) is 1. The van der Waals surface area contributed by atoms with Crippen molar-refractivity contribution in [3.8, 4) is 5.75 Å². The highest BCUT2D eigenvalue weighted by Gasteiger charge is 2.09. The van der Waals surface area contributed by atoms with Crippen LogP contribution in [-0.4, -0.2) is 18.2 Å². The second-order valence-electron chi connectivity index (χ2n) is 5.87. The topological polar surface area (TPSA) is 50.7 Å². The van der Waals surface area contributed by atoms with Gasteiger partial charge in [0.2, 0.25) is 0 Å². The first-order chi connectivity index (χ1) is 13.1. The fourth-order valence-electron chi connectivity index (χ4n) is 2.62. The molecule has 0 bridgehead atoms. The molecule has 0 aliphatic carbocycles. The molecule has 4 nitrogen and oxygen atoms in total.